The monoisotopic (exact) mass is 329 g/mol. The van der Waals surface area contributed by atoms with Crippen molar-refractivity contribution < 1.29 is 26.3 Å². The van der Waals surface area contributed by atoms with Gasteiger partial charge in [0, 0.05) is 24.3 Å². The van der Waals surface area contributed by atoms with Gasteiger partial charge in [-0.1, -0.05) is 30.3 Å². The third-order valence-electron chi connectivity index (χ3n) is 5.11. The van der Waals surface area contributed by atoms with Gasteiger partial charge in [0.1, 0.15) is 0 Å². The molecule has 2 nitrogen and oxygen atoms in total. The standard InChI is InChI=1S/C17H16NO.BrH/c1-2-6-12-11(5-1)15-14-7-3-4-9-18(14)16(12)13-8-10-19-17(13)15;/h1-7,9,13,15-17H,8,10H2;1H/q+1;/p-1/t13-,15+,16+,17-;/m1./s1. The lowest BCUT2D eigenvalue weighted by Gasteiger charge is -2.41. The lowest BCUT2D eigenvalue weighted by atomic mass is 9.67. The molecule has 3 aliphatic heterocycles. The maximum absolute atomic E-state index is 6.09. The van der Waals surface area contributed by atoms with E-state index in [0.717, 1.165) is 6.61 Å². The van der Waals surface area contributed by atoms with E-state index >= 15 is 0 Å². The van der Waals surface area contributed by atoms with E-state index in [2.05, 4.69) is 53.2 Å². The Morgan fingerprint density at radius 2 is 1.80 bits per heavy atom. The molecule has 1 aliphatic carbocycles. The van der Waals surface area contributed by atoms with Crippen molar-refractivity contribution in [1.29, 1.82) is 0 Å². The van der Waals surface area contributed by atoms with Gasteiger partial charge in [0.05, 0.1) is 17.9 Å². The fraction of sp³-hybridized carbons (Fsp3) is 0.353. The number of hydrogen-bond donors (Lipinski definition) is 0. The molecule has 0 spiro atoms. The molecule has 4 atom stereocenters. The zero-order valence-electron chi connectivity index (χ0n) is 11.1. The Morgan fingerprint density at radius 1 is 1.00 bits per heavy atom. The second-order valence-electron chi connectivity index (χ2n) is 5.87. The molecular weight excluding hydrogens is 314 g/mol. The van der Waals surface area contributed by atoms with E-state index in [-0.39, 0.29) is 17.0 Å². The van der Waals surface area contributed by atoms with Crippen LogP contribution in [-0.4, -0.2) is 12.7 Å². The van der Waals surface area contributed by atoms with Crippen LogP contribution in [0.1, 0.15) is 35.2 Å². The zero-order chi connectivity index (χ0) is 12.4. The van der Waals surface area contributed by atoms with Crippen molar-refractivity contribution in [3.63, 3.8) is 0 Å². The lowest BCUT2D eigenvalue weighted by molar-refractivity contribution is -0.738. The highest BCUT2D eigenvalue weighted by atomic mass is 79.9. The molecule has 1 saturated heterocycles. The maximum atomic E-state index is 6.09. The molecule has 0 radical (unpaired) electrons. The Labute approximate surface area is 129 Å². The summed E-state index contributed by atoms with van der Waals surface area (Å²) < 4.78 is 8.58. The predicted octanol–water partition coefficient (Wildman–Crippen LogP) is -0.568. The van der Waals surface area contributed by atoms with Gasteiger partial charge < -0.3 is 21.7 Å². The molecule has 3 heteroatoms. The summed E-state index contributed by atoms with van der Waals surface area (Å²) in [7, 11) is 0. The van der Waals surface area contributed by atoms with E-state index in [1.54, 1.807) is 0 Å². The van der Waals surface area contributed by atoms with Crippen LogP contribution in [0.2, 0.25) is 0 Å². The van der Waals surface area contributed by atoms with Crippen LogP contribution in [0, 0.1) is 5.92 Å². The Bertz CT molecular complexity index is 568. The second-order valence-corrected chi connectivity index (χ2v) is 5.87. The number of hydrogen-bond acceptors (Lipinski definition) is 1. The second kappa shape index (κ2) is 4.40. The minimum atomic E-state index is 0. The molecule has 2 bridgehead atoms. The molecule has 4 aliphatic rings. The van der Waals surface area contributed by atoms with Gasteiger partial charge in [0.15, 0.2) is 17.9 Å². The minimum Gasteiger partial charge on any atom is -1.00 e. The van der Waals surface area contributed by atoms with Gasteiger partial charge in [0.25, 0.3) is 0 Å². The number of ether oxygens (including phenoxy) is 1. The van der Waals surface area contributed by atoms with Gasteiger partial charge in [-0.05, 0) is 12.0 Å². The third-order valence-corrected chi connectivity index (χ3v) is 5.11. The van der Waals surface area contributed by atoms with Crippen LogP contribution in [0.25, 0.3) is 0 Å². The van der Waals surface area contributed by atoms with E-state index in [1.165, 1.54) is 23.2 Å². The van der Waals surface area contributed by atoms with Crippen LogP contribution in [0.4, 0.5) is 0 Å². The SMILES string of the molecule is [Br-].c1ccc2c(c1)[C@H]1c3cccc[n+]3[C@@H]2[C@H]2CCO[C@@H]12. The van der Waals surface area contributed by atoms with Gasteiger partial charge in [-0.15, -0.1) is 0 Å². The molecule has 6 rings (SSSR count). The van der Waals surface area contributed by atoms with Gasteiger partial charge >= 0.3 is 0 Å². The van der Waals surface area contributed by atoms with Crippen molar-refractivity contribution in [3.8, 4) is 0 Å². The van der Waals surface area contributed by atoms with Crippen molar-refractivity contribution in [2.75, 3.05) is 6.61 Å². The van der Waals surface area contributed by atoms with E-state index < -0.39 is 0 Å². The maximum Gasteiger partial charge on any atom is 0.192 e. The summed E-state index contributed by atoms with van der Waals surface area (Å²) in [6, 6.07) is 16.0. The predicted molar refractivity (Wildman–Crippen MR) is 70.9 cm³/mol. The molecule has 2 aromatic rings. The number of nitrogens with zero attached hydrogens (tertiary/aromatic N) is 1. The third kappa shape index (κ3) is 1.40. The highest BCUT2D eigenvalue weighted by Gasteiger charge is 2.57. The molecule has 4 heterocycles. The quantitative estimate of drug-likeness (QED) is 0.590. The van der Waals surface area contributed by atoms with Gasteiger partial charge in [-0.3, -0.25) is 0 Å². The molecule has 0 amide bonds. The van der Waals surface area contributed by atoms with Crippen molar-refractivity contribution in [1.82, 2.24) is 0 Å². The molecule has 102 valence electrons. The number of halogens is 1. The fourth-order valence-electron chi connectivity index (χ4n) is 4.45. The van der Waals surface area contributed by atoms with Crippen LogP contribution in [0.3, 0.4) is 0 Å². The van der Waals surface area contributed by atoms with E-state index in [4.69, 9.17) is 4.74 Å². The Balaban J connectivity index is 0.00000106. The van der Waals surface area contributed by atoms with Crippen molar-refractivity contribution in [2.24, 2.45) is 5.92 Å². The number of aromatic nitrogens is 1. The zero-order valence-corrected chi connectivity index (χ0v) is 12.7. The van der Waals surface area contributed by atoms with Crippen molar-refractivity contribution in [3.05, 3.63) is 65.5 Å². The first-order chi connectivity index (χ1) is 9.45. The number of pyridine rings is 1. The van der Waals surface area contributed by atoms with Crippen LogP contribution >= 0.6 is 0 Å². The first-order valence-electron chi connectivity index (χ1n) is 7.15. The molecule has 1 fully saturated rings. The molecule has 1 aromatic carbocycles. The summed E-state index contributed by atoms with van der Waals surface area (Å²) in [6.45, 7) is 0.921. The summed E-state index contributed by atoms with van der Waals surface area (Å²) in [5.41, 5.74) is 4.43. The fourth-order valence-corrected chi connectivity index (χ4v) is 4.45. The average molecular weight is 330 g/mol. The topological polar surface area (TPSA) is 13.1 Å². The molecule has 1 aromatic heterocycles. The van der Waals surface area contributed by atoms with Crippen molar-refractivity contribution >= 4 is 0 Å². The molecule has 0 N–H and O–H groups in total. The highest BCUT2D eigenvalue weighted by Crippen LogP contribution is 2.52. The van der Waals surface area contributed by atoms with Crippen LogP contribution in [0.5, 0.6) is 0 Å². The Morgan fingerprint density at radius 3 is 2.70 bits per heavy atom. The van der Waals surface area contributed by atoms with Gasteiger partial charge in [-0.25, -0.2) is 0 Å². The smallest absolute Gasteiger partial charge is 0.192 e. The van der Waals surface area contributed by atoms with E-state index in [9.17, 15) is 0 Å². The van der Waals surface area contributed by atoms with Crippen LogP contribution in [-0.2, 0) is 4.74 Å². The summed E-state index contributed by atoms with van der Waals surface area (Å²) in [4.78, 5) is 0. The summed E-state index contributed by atoms with van der Waals surface area (Å²) in [5.74, 6) is 1.08. The highest BCUT2D eigenvalue weighted by molar-refractivity contribution is 5.43. The average Bonchev–Trinajstić information content (AvgIpc) is 2.96. The Hall–Kier alpha value is -1.19. The summed E-state index contributed by atoms with van der Waals surface area (Å²) >= 11 is 0. The van der Waals surface area contributed by atoms with Gasteiger partial charge in [-0.2, -0.15) is 4.57 Å². The first kappa shape index (κ1) is 12.5. The van der Waals surface area contributed by atoms with Crippen LogP contribution < -0.4 is 21.5 Å². The largest absolute Gasteiger partial charge is 1.00 e. The Kier molecular flexibility index (Phi) is 2.76. The summed E-state index contributed by atoms with van der Waals surface area (Å²) in [5, 5.41) is 0. The lowest BCUT2D eigenvalue weighted by Crippen LogP contribution is -3.00. The molecule has 0 unspecified atom stereocenters. The first-order valence-corrected chi connectivity index (χ1v) is 7.15. The van der Waals surface area contributed by atoms with E-state index in [0.29, 0.717) is 24.0 Å². The summed E-state index contributed by atoms with van der Waals surface area (Å²) in [6.07, 6.45) is 3.83. The molecule has 20 heavy (non-hydrogen) atoms. The molecular formula is C17H16BrNO. The van der Waals surface area contributed by atoms with Crippen LogP contribution in [0.15, 0.2) is 48.7 Å². The van der Waals surface area contributed by atoms with Gasteiger partial charge in [0.2, 0.25) is 0 Å². The number of rotatable bonds is 0. The number of benzene rings is 1. The van der Waals surface area contributed by atoms with E-state index in [1.807, 2.05) is 0 Å². The minimum absolute atomic E-state index is 0. The normalized spacial score (nSPS) is 32.0. The molecule has 0 saturated carbocycles. The van der Waals surface area contributed by atoms with Crippen molar-refractivity contribution in [2.45, 2.75) is 24.5 Å².